The second-order valence-electron chi connectivity index (χ2n) is 7.11. The molecule has 0 spiro atoms. The van der Waals surface area contributed by atoms with Crippen LogP contribution in [0.25, 0.3) is 0 Å². The lowest BCUT2D eigenvalue weighted by Gasteiger charge is -2.35. The van der Waals surface area contributed by atoms with Gasteiger partial charge in [0.05, 0.1) is 0 Å². The number of nitrogens with one attached hydrogen (secondary N) is 2. The van der Waals surface area contributed by atoms with E-state index in [0.29, 0.717) is 25.1 Å². The Morgan fingerprint density at radius 1 is 1.37 bits per heavy atom. The van der Waals surface area contributed by atoms with Crippen molar-refractivity contribution in [1.29, 1.82) is 0 Å². The topological polar surface area (TPSA) is 48.9 Å². The Labute approximate surface area is 181 Å². The fraction of sp³-hybridized carbons (Fsp3) is 0.571. The number of piperidine rings is 1. The molecule has 1 aliphatic rings. The van der Waals surface area contributed by atoms with Gasteiger partial charge in [-0.15, -0.1) is 24.0 Å². The molecule has 2 N–H and O–H groups in total. The van der Waals surface area contributed by atoms with Gasteiger partial charge in [0, 0.05) is 38.3 Å². The largest absolute Gasteiger partial charge is 0.489 e. The zero-order valence-corrected chi connectivity index (χ0v) is 19.2. The SMILES string of the molecule is C=CCOc1ccccc1CNC(=NC)NCC1CCCN(C(C)C)C1.I. The number of guanidine groups is 1. The van der Waals surface area contributed by atoms with Crippen LogP contribution >= 0.6 is 24.0 Å². The highest BCUT2D eigenvalue weighted by atomic mass is 127. The zero-order valence-electron chi connectivity index (χ0n) is 16.9. The monoisotopic (exact) mass is 486 g/mol. The molecule has 152 valence electrons. The average Bonchev–Trinajstić information content (AvgIpc) is 2.67. The third-order valence-electron chi connectivity index (χ3n) is 4.84. The summed E-state index contributed by atoms with van der Waals surface area (Å²) < 4.78 is 5.72. The number of benzene rings is 1. The molecule has 0 radical (unpaired) electrons. The molecule has 1 unspecified atom stereocenters. The normalized spacial score (nSPS) is 17.9. The van der Waals surface area contributed by atoms with E-state index < -0.39 is 0 Å². The number of likely N-dealkylation sites (tertiary alicyclic amines) is 1. The maximum Gasteiger partial charge on any atom is 0.191 e. The van der Waals surface area contributed by atoms with Crippen LogP contribution in [0.15, 0.2) is 41.9 Å². The van der Waals surface area contributed by atoms with Gasteiger partial charge in [-0.1, -0.05) is 30.9 Å². The van der Waals surface area contributed by atoms with Gasteiger partial charge < -0.3 is 20.3 Å². The first-order chi connectivity index (χ1) is 12.6. The number of nitrogens with zero attached hydrogens (tertiary/aromatic N) is 2. The Balaban J connectivity index is 0.00000364. The molecule has 6 heteroatoms. The first-order valence-corrected chi connectivity index (χ1v) is 9.64. The Kier molecular flexibility index (Phi) is 11.4. The standard InChI is InChI=1S/C21H34N4O.HI/c1-5-13-26-20-11-7-6-10-19(20)15-24-21(22-4)23-14-18-9-8-12-25(16-18)17(2)3;/h5-7,10-11,17-18H,1,8-9,12-16H2,2-4H3,(H2,22,23,24);1H. The van der Waals surface area contributed by atoms with Crippen LogP contribution in [0.4, 0.5) is 0 Å². The second-order valence-corrected chi connectivity index (χ2v) is 7.11. The van der Waals surface area contributed by atoms with Crippen molar-refractivity contribution >= 4 is 29.9 Å². The van der Waals surface area contributed by atoms with Gasteiger partial charge in [-0.3, -0.25) is 4.99 Å². The highest BCUT2D eigenvalue weighted by Gasteiger charge is 2.21. The Hall–Kier alpha value is -1.28. The highest BCUT2D eigenvalue weighted by Crippen LogP contribution is 2.18. The number of para-hydroxylation sites is 1. The van der Waals surface area contributed by atoms with Gasteiger partial charge in [0.2, 0.25) is 0 Å². The fourth-order valence-corrected chi connectivity index (χ4v) is 3.31. The molecule has 1 saturated heterocycles. The summed E-state index contributed by atoms with van der Waals surface area (Å²) in [5, 5.41) is 6.88. The van der Waals surface area contributed by atoms with Crippen molar-refractivity contribution in [3.8, 4) is 5.75 Å². The molecular weight excluding hydrogens is 451 g/mol. The number of rotatable bonds is 8. The van der Waals surface area contributed by atoms with E-state index in [2.05, 4.69) is 47.0 Å². The summed E-state index contributed by atoms with van der Waals surface area (Å²) in [4.78, 5) is 6.93. The lowest BCUT2D eigenvalue weighted by Crippen LogP contribution is -2.46. The minimum absolute atomic E-state index is 0. The average molecular weight is 486 g/mol. The quantitative estimate of drug-likeness (QED) is 0.255. The van der Waals surface area contributed by atoms with E-state index in [1.807, 2.05) is 25.2 Å². The second kappa shape index (κ2) is 13.0. The van der Waals surface area contributed by atoms with Crippen molar-refractivity contribution in [3.05, 3.63) is 42.5 Å². The number of hydrogen-bond donors (Lipinski definition) is 2. The molecule has 0 bridgehead atoms. The van der Waals surface area contributed by atoms with Gasteiger partial charge in [0.1, 0.15) is 12.4 Å². The van der Waals surface area contributed by atoms with Crippen molar-refractivity contribution in [2.45, 2.75) is 39.3 Å². The molecule has 1 aliphatic heterocycles. The summed E-state index contributed by atoms with van der Waals surface area (Å²) in [7, 11) is 1.82. The molecule has 0 amide bonds. The van der Waals surface area contributed by atoms with Crippen LogP contribution in [0.1, 0.15) is 32.3 Å². The van der Waals surface area contributed by atoms with Gasteiger partial charge in [0.15, 0.2) is 5.96 Å². The third-order valence-corrected chi connectivity index (χ3v) is 4.84. The lowest BCUT2D eigenvalue weighted by molar-refractivity contribution is 0.141. The van der Waals surface area contributed by atoms with Crippen LogP contribution in [-0.4, -0.2) is 50.2 Å². The van der Waals surface area contributed by atoms with Crippen molar-refractivity contribution in [2.75, 3.05) is 33.3 Å². The van der Waals surface area contributed by atoms with Crippen LogP contribution in [0, 0.1) is 5.92 Å². The first kappa shape index (κ1) is 23.8. The first-order valence-electron chi connectivity index (χ1n) is 9.64. The minimum Gasteiger partial charge on any atom is -0.489 e. The molecule has 1 atom stereocenters. The molecule has 1 aromatic carbocycles. The van der Waals surface area contributed by atoms with Gasteiger partial charge in [-0.05, 0) is 45.2 Å². The highest BCUT2D eigenvalue weighted by molar-refractivity contribution is 14.0. The smallest absolute Gasteiger partial charge is 0.191 e. The zero-order chi connectivity index (χ0) is 18.8. The van der Waals surface area contributed by atoms with Crippen molar-refractivity contribution in [1.82, 2.24) is 15.5 Å². The fourth-order valence-electron chi connectivity index (χ4n) is 3.31. The molecular formula is C21H35IN4O. The van der Waals surface area contributed by atoms with Gasteiger partial charge in [0.25, 0.3) is 0 Å². The number of halogens is 1. The van der Waals surface area contributed by atoms with Crippen LogP contribution < -0.4 is 15.4 Å². The lowest BCUT2D eigenvalue weighted by atomic mass is 9.97. The molecule has 0 aromatic heterocycles. The molecule has 27 heavy (non-hydrogen) atoms. The maximum atomic E-state index is 5.72. The van der Waals surface area contributed by atoms with Gasteiger partial charge in [-0.25, -0.2) is 0 Å². The number of aliphatic imine (C=N–C) groups is 1. The third kappa shape index (κ3) is 8.09. The van der Waals surface area contributed by atoms with Crippen LogP contribution in [0.5, 0.6) is 5.75 Å². The maximum absolute atomic E-state index is 5.72. The van der Waals surface area contributed by atoms with Crippen molar-refractivity contribution < 1.29 is 4.74 Å². The van der Waals surface area contributed by atoms with E-state index in [0.717, 1.165) is 23.8 Å². The van der Waals surface area contributed by atoms with Gasteiger partial charge >= 0.3 is 0 Å². The molecule has 1 heterocycles. The molecule has 2 rings (SSSR count). The molecule has 5 nitrogen and oxygen atoms in total. The molecule has 1 fully saturated rings. The number of ether oxygens (including phenoxy) is 1. The van der Waals surface area contributed by atoms with E-state index in [-0.39, 0.29) is 24.0 Å². The van der Waals surface area contributed by atoms with Crippen LogP contribution in [0.2, 0.25) is 0 Å². The minimum atomic E-state index is 0. The summed E-state index contributed by atoms with van der Waals surface area (Å²) in [6, 6.07) is 8.69. The van der Waals surface area contributed by atoms with Crippen LogP contribution in [-0.2, 0) is 6.54 Å². The Bertz CT molecular complexity index is 591. The molecule has 0 saturated carbocycles. The van der Waals surface area contributed by atoms with E-state index in [4.69, 9.17) is 4.74 Å². The van der Waals surface area contributed by atoms with Crippen molar-refractivity contribution in [2.24, 2.45) is 10.9 Å². The molecule has 0 aliphatic carbocycles. The summed E-state index contributed by atoms with van der Waals surface area (Å²) in [5.74, 6) is 2.40. The predicted octanol–water partition coefficient (Wildman–Crippen LogP) is 3.65. The van der Waals surface area contributed by atoms with Gasteiger partial charge in [-0.2, -0.15) is 0 Å². The Morgan fingerprint density at radius 2 is 2.15 bits per heavy atom. The van der Waals surface area contributed by atoms with E-state index >= 15 is 0 Å². The predicted molar refractivity (Wildman–Crippen MR) is 125 cm³/mol. The van der Waals surface area contributed by atoms with E-state index in [1.54, 1.807) is 6.08 Å². The summed E-state index contributed by atoms with van der Waals surface area (Å²) in [6.07, 6.45) is 4.32. The van der Waals surface area contributed by atoms with Crippen LogP contribution in [0.3, 0.4) is 0 Å². The summed E-state index contributed by atoms with van der Waals surface area (Å²) >= 11 is 0. The van der Waals surface area contributed by atoms with E-state index in [9.17, 15) is 0 Å². The Morgan fingerprint density at radius 3 is 2.85 bits per heavy atom. The summed E-state index contributed by atoms with van der Waals surface area (Å²) in [5.41, 5.74) is 1.11. The number of hydrogen-bond acceptors (Lipinski definition) is 3. The summed E-state index contributed by atoms with van der Waals surface area (Å²) in [6.45, 7) is 12.8. The molecule has 1 aromatic rings. The van der Waals surface area contributed by atoms with E-state index in [1.165, 1.54) is 25.9 Å². The van der Waals surface area contributed by atoms with Crippen molar-refractivity contribution in [3.63, 3.8) is 0 Å².